The summed E-state index contributed by atoms with van der Waals surface area (Å²) in [6.45, 7) is 1.68. The maximum absolute atomic E-state index is 13.0. The van der Waals surface area contributed by atoms with Gasteiger partial charge in [-0.2, -0.15) is 0 Å². The standard InChI is InChI=1S/C20H20N2OS2/c23-20(18-11-13-5-3-9-16(13)24-18)22-10-4-6-14(12-22)19-21-15-7-1-2-8-17(15)25-19/h1-2,7-8,11,14H,3-6,9-10,12H2. The molecule has 2 aromatic heterocycles. The molecule has 1 aliphatic carbocycles. The zero-order valence-electron chi connectivity index (χ0n) is 14.0. The van der Waals surface area contributed by atoms with E-state index in [1.165, 1.54) is 26.6 Å². The van der Waals surface area contributed by atoms with Crippen molar-refractivity contribution in [2.24, 2.45) is 0 Å². The van der Waals surface area contributed by atoms with E-state index in [1.54, 1.807) is 22.7 Å². The number of benzene rings is 1. The van der Waals surface area contributed by atoms with Crippen molar-refractivity contribution in [1.29, 1.82) is 0 Å². The zero-order chi connectivity index (χ0) is 16.8. The van der Waals surface area contributed by atoms with Crippen LogP contribution < -0.4 is 0 Å². The number of thiazole rings is 1. The van der Waals surface area contributed by atoms with Crippen LogP contribution in [0.3, 0.4) is 0 Å². The molecule has 1 saturated heterocycles. The monoisotopic (exact) mass is 368 g/mol. The second-order valence-electron chi connectivity index (χ2n) is 7.02. The Morgan fingerprint density at radius 3 is 2.96 bits per heavy atom. The molecule has 0 radical (unpaired) electrons. The van der Waals surface area contributed by atoms with Crippen molar-refractivity contribution in [1.82, 2.24) is 9.88 Å². The van der Waals surface area contributed by atoms with E-state index in [0.717, 1.165) is 49.2 Å². The molecule has 5 rings (SSSR count). The van der Waals surface area contributed by atoms with Gasteiger partial charge in [-0.1, -0.05) is 12.1 Å². The number of likely N-dealkylation sites (tertiary alicyclic amines) is 1. The number of aromatic nitrogens is 1. The van der Waals surface area contributed by atoms with Crippen LogP contribution in [0, 0.1) is 0 Å². The maximum atomic E-state index is 13.0. The number of rotatable bonds is 2. The molecule has 1 unspecified atom stereocenters. The number of nitrogens with zero attached hydrogens (tertiary/aromatic N) is 2. The van der Waals surface area contributed by atoms with Crippen LogP contribution in [-0.4, -0.2) is 28.9 Å². The molecule has 0 saturated carbocycles. The summed E-state index contributed by atoms with van der Waals surface area (Å²) in [5, 5.41) is 1.19. The predicted octanol–water partition coefficient (Wildman–Crippen LogP) is 4.87. The van der Waals surface area contributed by atoms with E-state index in [1.807, 2.05) is 6.07 Å². The van der Waals surface area contributed by atoms with Crippen LogP contribution in [-0.2, 0) is 12.8 Å². The summed E-state index contributed by atoms with van der Waals surface area (Å²) < 4.78 is 1.25. The normalized spacial score (nSPS) is 20.2. The van der Waals surface area contributed by atoms with Crippen LogP contribution in [0.2, 0.25) is 0 Å². The molecule has 1 amide bonds. The fourth-order valence-corrected chi connectivity index (χ4v) is 6.33. The van der Waals surface area contributed by atoms with E-state index in [2.05, 4.69) is 29.2 Å². The Morgan fingerprint density at radius 1 is 1.16 bits per heavy atom. The minimum atomic E-state index is 0.227. The lowest BCUT2D eigenvalue weighted by molar-refractivity contribution is 0.0712. The minimum absolute atomic E-state index is 0.227. The average Bonchev–Trinajstić information content (AvgIpc) is 3.34. The van der Waals surface area contributed by atoms with E-state index in [9.17, 15) is 4.79 Å². The highest BCUT2D eigenvalue weighted by Gasteiger charge is 2.29. The molecule has 2 aliphatic rings. The van der Waals surface area contributed by atoms with Gasteiger partial charge in [0.15, 0.2) is 0 Å². The van der Waals surface area contributed by atoms with E-state index < -0.39 is 0 Å². The molecule has 3 heterocycles. The molecular weight excluding hydrogens is 348 g/mol. The number of para-hydroxylation sites is 1. The second kappa shape index (κ2) is 6.22. The molecule has 0 spiro atoms. The Bertz CT molecular complexity index is 888. The Balaban J connectivity index is 1.37. The first-order valence-electron chi connectivity index (χ1n) is 9.04. The van der Waals surface area contributed by atoms with Crippen LogP contribution >= 0.6 is 22.7 Å². The molecule has 0 bridgehead atoms. The molecule has 3 aromatic rings. The summed E-state index contributed by atoms with van der Waals surface area (Å²) in [4.78, 5) is 22.2. The number of thiophene rings is 1. The molecular formula is C20H20N2OS2. The summed E-state index contributed by atoms with van der Waals surface area (Å²) in [5.74, 6) is 0.604. The fraction of sp³-hybridized carbons (Fsp3) is 0.400. The number of hydrogen-bond acceptors (Lipinski definition) is 4. The highest BCUT2D eigenvalue weighted by Crippen LogP contribution is 2.35. The summed E-state index contributed by atoms with van der Waals surface area (Å²) in [5.41, 5.74) is 2.49. The van der Waals surface area contributed by atoms with E-state index in [-0.39, 0.29) is 5.91 Å². The van der Waals surface area contributed by atoms with Gasteiger partial charge in [-0.05, 0) is 55.9 Å². The van der Waals surface area contributed by atoms with Crippen molar-refractivity contribution >= 4 is 38.8 Å². The molecule has 1 aliphatic heterocycles. The largest absolute Gasteiger partial charge is 0.337 e. The predicted molar refractivity (Wildman–Crippen MR) is 104 cm³/mol. The van der Waals surface area contributed by atoms with E-state index in [4.69, 9.17) is 4.98 Å². The molecule has 25 heavy (non-hydrogen) atoms. The highest BCUT2D eigenvalue weighted by atomic mass is 32.1. The third-order valence-electron chi connectivity index (χ3n) is 5.33. The molecule has 128 valence electrons. The van der Waals surface area contributed by atoms with Crippen LogP contribution in [0.1, 0.15) is 50.3 Å². The third kappa shape index (κ3) is 2.79. The average molecular weight is 369 g/mol. The number of piperidine rings is 1. The SMILES string of the molecule is O=C(c1cc2c(s1)CCC2)N1CCCC(c2nc3ccccc3s2)C1. The summed E-state index contributed by atoms with van der Waals surface area (Å²) in [6, 6.07) is 10.5. The number of aryl methyl sites for hydroxylation is 2. The maximum Gasteiger partial charge on any atom is 0.263 e. The van der Waals surface area contributed by atoms with Crippen LogP contribution in [0.25, 0.3) is 10.2 Å². The van der Waals surface area contributed by atoms with Crippen molar-refractivity contribution in [3.8, 4) is 0 Å². The first-order chi connectivity index (χ1) is 12.3. The van der Waals surface area contributed by atoms with Gasteiger partial charge in [0, 0.05) is 23.9 Å². The van der Waals surface area contributed by atoms with Gasteiger partial charge in [0.25, 0.3) is 5.91 Å². The zero-order valence-corrected chi connectivity index (χ0v) is 15.7. The van der Waals surface area contributed by atoms with E-state index in [0.29, 0.717) is 5.92 Å². The van der Waals surface area contributed by atoms with Crippen molar-refractivity contribution < 1.29 is 4.79 Å². The van der Waals surface area contributed by atoms with Gasteiger partial charge in [-0.15, -0.1) is 22.7 Å². The number of hydrogen-bond donors (Lipinski definition) is 0. The Labute approximate surface area is 155 Å². The van der Waals surface area contributed by atoms with Gasteiger partial charge < -0.3 is 4.90 Å². The Hall–Kier alpha value is -1.72. The quantitative estimate of drug-likeness (QED) is 0.647. The molecule has 5 heteroatoms. The highest BCUT2D eigenvalue weighted by molar-refractivity contribution is 7.18. The molecule has 0 N–H and O–H groups in total. The Kier molecular flexibility index (Phi) is 3.86. The number of amides is 1. The van der Waals surface area contributed by atoms with Gasteiger partial charge in [-0.3, -0.25) is 4.79 Å². The van der Waals surface area contributed by atoms with E-state index >= 15 is 0 Å². The first-order valence-corrected chi connectivity index (χ1v) is 10.7. The van der Waals surface area contributed by atoms with Crippen LogP contribution in [0.5, 0.6) is 0 Å². The third-order valence-corrected chi connectivity index (χ3v) is 7.75. The van der Waals surface area contributed by atoms with Gasteiger partial charge >= 0.3 is 0 Å². The van der Waals surface area contributed by atoms with Crippen molar-refractivity contribution in [3.05, 3.63) is 50.7 Å². The summed E-state index contributed by atoms with van der Waals surface area (Å²) in [7, 11) is 0. The molecule has 1 aromatic carbocycles. The van der Waals surface area contributed by atoms with Gasteiger partial charge in [0.05, 0.1) is 20.1 Å². The first kappa shape index (κ1) is 15.5. The van der Waals surface area contributed by atoms with Gasteiger partial charge in [0.2, 0.25) is 0 Å². The van der Waals surface area contributed by atoms with Crippen molar-refractivity contribution in [3.63, 3.8) is 0 Å². The fourth-order valence-electron chi connectivity index (χ4n) is 4.02. The van der Waals surface area contributed by atoms with Crippen LogP contribution in [0.15, 0.2) is 30.3 Å². The number of fused-ring (bicyclic) bond motifs is 2. The lowest BCUT2D eigenvalue weighted by Gasteiger charge is -2.31. The topological polar surface area (TPSA) is 33.2 Å². The lowest BCUT2D eigenvalue weighted by atomic mass is 9.98. The van der Waals surface area contributed by atoms with Gasteiger partial charge in [-0.25, -0.2) is 4.98 Å². The summed E-state index contributed by atoms with van der Waals surface area (Å²) in [6.07, 6.45) is 5.75. The smallest absolute Gasteiger partial charge is 0.263 e. The minimum Gasteiger partial charge on any atom is -0.337 e. The number of carbonyl (C=O) groups is 1. The molecule has 1 atom stereocenters. The lowest BCUT2D eigenvalue weighted by Crippen LogP contribution is -2.38. The Morgan fingerprint density at radius 2 is 2.08 bits per heavy atom. The number of carbonyl (C=O) groups excluding carboxylic acids is 1. The van der Waals surface area contributed by atoms with Crippen LogP contribution in [0.4, 0.5) is 0 Å². The van der Waals surface area contributed by atoms with Crippen molar-refractivity contribution in [2.75, 3.05) is 13.1 Å². The second-order valence-corrected chi connectivity index (χ2v) is 9.22. The summed E-state index contributed by atoms with van der Waals surface area (Å²) >= 11 is 3.51. The van der Waals surface area contributed by atoms with Gasteiger partial charge in [0.1, 0.15) is 0 Å². The molecule has 3 nitrogen and oxygen atoms in total. The molecule has 1 fully saturated rings. The van der Waals surface area contributed by atoms with Crippen molar-refractivity contribution in [2.45, 2.75) is 38.0 Å².